The van der Waals surface area contributed by atoms with Gasteiger partial charge in [0.05, 0.1) is 6.20 Å². The Labute approximate surface area is 155 Å². The van der Waals surface area contributed by atoms with E-state index in [4.69, 9.17) is 21.6 Å². The molecule has 26 heavy (non-hydrogen) atoms. The molecule has 0 spiro atoms. The molecule has 0 aliphatic carbocycles. The average Bonchev–Trinajstić information content (AvgIpc) is 3.12. The third kappa shape index (κ3) is 2.99. The van der Waals surface area contributed by atoms with Crippen LogP contribution in [0.5, 0.6) is 5.75 Å². The Morgan fingerprint density at radius 2 is 1.81 bits per heavy atom. The molecule has 126 valence electrons. The molecule has 4 aromatic rings. The van der Waals surface area contributed by atoms with Gasteiger partial charge >= 0.3 is 0 Å². The molecule has 0 fully saturated rings. The number of aromatic nitrogens is 3. The van der Waals surface area contributed by atoms with Crippen LogP contribution in [-0.4, -0.2) is 14.6 Å². The van der Waals surface area contributed by atoms with Gasteiger partial charge in [0.25, 0.3) is 0 Å². The maximum absolute atomic E-state index is 9.06. The average molecular weight is 361 g/mol. The second-order valence-corrected chi connectivity index (χ2v) is 6.02. The zero-order chi connectivity index (χ0) is 17.9. The minimum atomic E-state index is 0.392. The Hall–Kier alpha value is -3.36. The highest BCUT2D eigenvalue weighted by Crippen LogP contribution is 2.29. The molecule has 4 rings (SSSR count). The molecule has 0 aliphatic heterocycles. The van der Waals surface area contributed by atoms with Gasteiger partial charge in [0.15, 0.2) is 5.65 Å². The SMILES string of the molecule is N#Cc1cnn2c(Cl)c(-c3ccc(OCc4ccccc4)cc3)cnc12. The topological polar surface area (TPSA) is 63.2 Å². The molecule has 0 radical (unpaired) electrons. The summed E-state index contributed by atoms with van der Waals surface area (Å²) in [4.78, 5) is 4.31. The molecule has 0 amide bonds. The highest BCUT2D eigenvalue weighted by molar-refractivity contribution is 6.32. The van der Waals surface area contributed by atoms with Crippen LogP contribution in [0.1, 0.15) is 11.1 Å². The lowest BCUT2D eigenvalue weighted by Gasteiger charge is -2.09. The first-order chi connectivity index (χ1) is 12.8. The quantitative estimate of drug-likeness (QED) is 0.503. The van der Waals surface area contributed by atoms with E-state index in [-0.39, 0.29) is 0 Å². The lowest BCUT2D eigenvalue weighted by Crippen LogP contribution is -1.96. The van der Waals surface area contributed by atoms with E-state index in [1.165, 1.54) is 10.7 Å². The Kier molecular flexibility index (Phi) is 4.26. The fraction of sp³-hybridized carbons (Fsp3) is 0.0500. The number of fused-ring (bicyclic) bond motifs is 1. The van der Waals surface area contributed by atoms with Crippen molar-refractivity contribution in [2.75, 3.05) is 0 Å². The van der Waals surface area contributed by atoms with Crippen molar-refractivity contribution in [2.24, 2.45) is 0 Å². The van der Waals surface area contributed by atoms with E-state index in [9.17, 15) is 0 Å². The van der Waals surface area contributed by atoms with Gasteiger partial charge in [-0.1, -0.05) is 54.1 Å². The molecule has 6 heteroatoms. The number of benzene rings is 2. The van der Waals surface area contributed by atoms with Gasteiger partial charge in [-0.3, -0.25) is 0 Å². The Balaban J connectivity index is 1.58. The number of hydrogen-bond acceptors (Lipinski definition) is 4. The van der Waals surface area contributed by atoms with Crippen LogP contribution in [0, 0.1) is 11.3 Å². The molecule has 0 saturated heterocycles. The summed E-state index contributed by atoms with van der Waals surface area (Å²) in [7, 11) is 0. The molecule has 0 N–H and O–H groups in total. The number of halogens is 1. The van der Waals surface area contributed by atoms with Crippen molar-refractivity contribution in [3.8, 4) is 22.9 Å². The van der Waals surface area contributed by atoms with Gasteiger partial charge in [-0.05, 0) is 23.3 Å². The van der Waals surface area contributed by atoms with E-state index in [1.54, 1.807) is 6.20 Å². The van der Waals surface area contributed by atoms with Crippen molar-refractivity contribution in [3.05, 3.63) is 83.3 Å². The van der Waals surface area contributed by atoms with Crippen molar-refractivity contribution in [1.82, 2.24) is 14.6 Å². The first-order valence-corrected chi connectivity index (χ1v) is 8.33. The fourth-order valence-corrected chi connectivity index (χ4v) is 2.93. The normalized spacial score (nSPS) is 10.6. The summed E-state index contributed by atoms with van der Waals surface area (Å²) in [6.45, 7) is 0.513. The van der Waals surface area contributed by atoms with Crippen molar-refractivity contribution in [2.45, 2.75) is 6.61 Å². The van der Waals surface area contributed by atoms with Crippen LogP contribution >= 0.6 is 11.6 Å². The number of ether oxygens (including phenoxy) is 1. The smallest absolute Gasteiger partial charge is 0.174 e. The van der Waals surface area contributed by atoms with Crippen LogP contribution in [0.3, 0.4) is 0 Å². The molecule has 0 atom stereocenters. The summed E-state index contributed by atoms with van der Waals surface area (Å²) in [5, 5.41) is 13.6. The molecule has 0 bridgehead atoms. The van der Waals surface area contributed by atoms with Crippen molar-refractivity contribution in [1.29, 1.82) is 5.26 Å². The molecule has 2 aromatic heterocycles. The lowest BCUT2D eigenvalue weighted by atomic mass is 10.1. The number of hydrogen-bond donors (Lipinski definition) is 0. The van der Waals surface area contributed by atoms with E-state index in [2.05, 4.69) is 16.2 Å². The summed E-state index contributed by atoms with van der Waals surface area (Å²) in [5.74, 6) is 0.772. The summed E-state index contributed by atoms with van der Waals surface area (Å²) < 4.78 is 7.27. The predicted octanol–water partition coefficient (Wildman–Crippen LogP) is 4.50. The highest BCUT2D eigenvalue weighted by atomic mass is 35.5. The van der Waals surface area contributed by atoms with E-state index in [0.29, 0.717) is 23.0 Å². The summed E-state index contributed by atoms with van der Waals surface area (Å²) >= 11 is 6.45. The minimum absolute atomic E-state index is 0.392. The standard InChI is InChI=1S/C20H13ClN4O/c21-19-18(12-23-20-16(10-22)11-24-25(19)20)15-6-8-17(9-7-15)26-13-14-4-2-1-3-5-14/h1-9,11-12H,13H2. The Bertz CT molecular complexity index is 1100. The molecule has 2 aromatic carbocycles. The highest BCUT2D eigenvalue weighted by Gasteiger charge is 2.13. The summed E-state index contributed by atoms with van der Waals surface area (Å²) in [6.07, 6.45) is 3.11. The van der Waals surface area contributed by atoms with Crippen LogP contribution in [-0.2, 0) is 6.61 Å². The summed E-state index contributed by atoms with van der Waals surface area (Å²) in [5.41, 5.74) is 3.58. The predicted molar refractivity (Wildman–Crippen MR) is 98.9 cm³/mol. The van der Waals surface area contributed by atoms with Gasteiger partial charge in [-0.2, -0.15) is 10.4 Å². The van der Waals surface area contributed by atoms with Crippen molar-refractivity contribution >= 4 is 17.2 Å². The number of rotatable bonds is 4. The van der Waals surface area contributed by atoms with Gasteiger partial charge in [0.1, 0.15) is 29.1 Å². The third-order valence-electron chi connectivity index (χ3n) is 4.00. The minimum Gasteiger partial charge on any atom is -0.489 e. The zero-order valence-electron chi connectivity index (χ0n) is 13.6. The van der Waals surface area contributed by atoms with Gasteiger partial charge in [-0.25, -0.2) is 9.50 Å². The van der Waals surface area contributed by atoms with E-state index in [1.807, 2.05) is 54.6 Å². The monoisotopic (exact) mass is 360 g/mol. The molecule has 5 nitrogen and oxygen atoms in total. The van der Waals surface area contributed by atoms with E-state index >= 15 is 0 Å². The number of nitrogens with zero attached hydrogens (tertiary/aromatic N) is 4. The van der Waals surface area contributed by atoms with Gasteiger partial charge < -0.3 is 4.74 Å². The van der Waals surface area contributed by atoms with Crippen LogP contribution in [0.4, 0.5) is 0 Å². The van der Waals surface area contributed by atoms with Crippen molar-refractivity contribution in [3.63, 3.8) is 0 Å². The van der Waals surface area contributed by atoms with Crippen LogP contribution < -0.4 is 4.74 Å². The lowest BCUT2D eigenvalue weighted by molar-refractivity contribution is 0.306. The van der Waals surface area contributed by atoms with Crippen LogP contribution in [0.2, 0.25) is 5.15 Å². The largest absolute Gasteiger partial charge is 0.489 e. The van der Waals surface area contributed by atoms with Crippen LogP contribution in [0.15, 0.2) is 67.0 Å². The maximum Gasteiger partial charge on any atom is 0.174 e. The Morgan fingerprint density at radius 1 is 1.04 bits per heavy atom. The second-order valence-electron chi connectivity index (χ2n) is 5.67. The van der Waals surface area contributed by atoms with Gasteiger partial charge in [-0.15, -0.1) is 0 Å². The molecular formula is C20H13ClN4O. The second kappa shape index (κ2) is 6.87. The first kappa shape index (κ1) is 16.1. The molecule has 0 unspecified atom stereocenters. The molecule has 2 heterocycles. The maximum atomic E-state index is 9.06. The third-order valence-corrected chi connectivity index (χ3v) is 4.37. The van der Waals surface area contributed by atoms with E-state index in [0.717, 1.165) is 22.4 Å². The molecule has 0 aliphatic rings. The van der Waals surface area contributed by atoms with E-state index < -0.39 is 0 Å². The van der Waals surface area contributed by atoms with Gasteiger partial charge in [0, 0.05) is 11.8 Å². The van der Waals surface area contributed by atoms with Gasteiger partial charge in [0.2, 0.25) is 0 Å². The zero-order valence-corrected chi connectivity index (χ0v) is 14.4. The first-order valence-electron chi connectivity index (χ1n) is 7.96. The fourth-order valence-electron chi connectivity index (χ4n) is 2.65. The molecular weight excluding hydrogens is 348 g/mol. The summed E-state index contributed by atoms with van der Waals surface area (Å²) in [6, 6.07) is 19.7. The van der Waals surface area contributed by atoms with Crippen molar-refractivity contribution < 1.29 is 4.74 Å². The molecule has 0 saturated carbocycles. The number of nitriles is 1. The Morgan fingerprint density at radius 3 is 2.54 bits per heavy atom. The van der Waals surface area contributed by atoms with Crippen LogP contribution in [0.25, 0.3) is 16.8 Å².